The second-order valence-electron chi connectivity index (χ2n) is 5.43. The third kappa shape index (κ3) is 6.20. The van der Waals surface area contributed by atoms with Gasteiger partial charge in [0.15, 0.2) is 0 Å². The number of benzene rings is 1. The number of nitrogens with one attached hydrogen (secondary N) is 1. The smallest absolute Gasteiger partial charge is 0.237 e. The van der Waals surface area contributed by atoms with Crippen LogP contribution in [0, 0.1) is 11.7 Å². The molecule has 0 aliphatic carbocycles. The number of anilines is 1. The van der Waals surface area contributed by atoms with Gasteiger partial charge in [0.2, 0.25) is 5.91 Å². The zero-order valence-electron chi connectivity index (χ0n) is 13.5. The van der Waals surface area contributed by atoms with Gasteiger partial charge < -0.3 is 16.0 Å². The predicted molar refractivity (Wildman–Crippen MR) is 92.0 cm³/mol. The Kier molecular flexibility index (Phi) is 9.78. The molecule has 0 aromatic heterocycles. The largest absolute Gasteiger partial charge is 0.372 e. The number of hydrogen-bond acceptors (Lipinski definition) is 3. The highest BCUT2D eigenvalue weighted by atomic mass is 35.5. The molecule has 0 fully saturated rings. The number of carbonyl (C=O) groups excluding carboxylic acids is 1. The fraction of sp³-hybridized carbons (Fsp3) is 0.562. The molecular formula is C16H27ClFN3O. The van der Waals surface area contributed by atoms with Crippen LogP contribution >= 0.6 is 12.4 Å². The molecule has 2 unspecified atom stereocenters. The Morgan fingerprint density at radius 1 is 1.41 bits per heavy atom. The van der Waals surface area contributed by atoms with Gasteiger partial charge in [0.1, 0.15) is 5.82 Å². The monoisotopic (exact) mass is 331 g/mol. The fourth-order valence-electron chi connectivity index (χ4n) is 2.04. The first-order chi connectivity index (χ1) is 9.97. The normalized spacial score (nSPS) is 13.0. The second-order valence-corrected chi connectivity index (χ2v) is 5.43. The van der Waals surface area contributed by atoms with E-state index >= 15 is 0 Å². The molecule has 126 valence electrons. The topological polar surface area (TPSA) is 58.4 Å². The highest BCUT2D eigenvalue weighted by Crippen LogP contribution is 2.16. The minimum absolute atomic E-state index is 0. The maximum Gasteiger partial charge on any atom is 0.237 e. The first kappa shape index (κ1) is 20.7. The van der Waals surface area contributed by atoms with Crippen molar-refractivity contribution in [3.63, 3.8) is 0 Å². The van der Waals surface area contributed by atoms with E-state index in [-0.39, 0.29) is 30.0 Å². The number of hydrogen-bond donors (Lipinski definition) is 2. The van der Waals surface area contributed by atoms with Gasteiger partial charge in [-0.15, -0.1) is 12.4 Å². The minimum atomic E-state index is -0.459. The SMILES string of the molecule is CCC(C)C(N)C(=O)NCCCN(C)c1ccccc1F.Cl. The highest BCUT2D eigenvalue weighted by molar-refractivity contribution is 5.85. The molecule has 0 saturated carbocycles. The lowest BCUT2D eigenvalue weighted by Gasteiger charge is -2.21. The van der Waals surface area contributed by atoms with Crippen LogP contribution < -0.4 is 16.0 Å². The molecule has 1 aromatic carbocycles. The summed E-state index contributed by atoms with van der Waals surface area (Å²) in [5.41, 5.74) is 6.42. The summed E-state index contributed by atoms with van der Waals surface area (Å²) in [6.45, 7) is 5.19. The van der Waals surface area contributed by atoms with Crippen molar-refractivity contribution in [3.8, 4) is 0 Å². The van der Waals surface area contributed by atoms with E-state index in [4.69, 9.17) is 5.73 Å². The number of carbonyl (C=O) groups is 1. The van der Waals surface area contributed by atoms with Gasteiger partial charge in [0.05, 0.1) is 11.7 Å². The molecule has 0 heterocycles. The first-order valence-corrected chi connectivity index (χ1v) is 7.46. The van der Waals surface area contributed by atoms with Gasteiger partial charge in [-0.3, -0.25) is 4.79 Å². The van der Waals surface area contributed by atoms with Gasteiger partial charge in [-0.25, -0.2) is 4.39 Å². The Balaban J connectivity index is 0.00000441. The average molecular weight is 332 g/mol. The van der Waals surface area contributed by atoms with Crippen molar-refractivity contribution in [2.24, 2.45) is 11.7 Å². The van der Waals surface area contributed by atoms with Gasteiger partial charge in [0, 0.05) is 20.1 Å². The van der Waals surface area contributed by atoms with Crippen molar-refractivity contribution in [3.05, 3.63) is 30.1 Å². The average Bonchev–Trinajstić information content (AvgIpc) is 2.49. The van der Waals surface area contributed by atoms with E-state index in [1.165, 1.54) is 6.07 Å². The van der Waals surface area contributed by atoms with E-state index in [1.54, 1.807) is 12.1 Å². The number of amides is 1. The van der Waals surface area contributed by atoms with Crippen molar-refractivity contribution in [1.29, 1.82) is 0 Å². The molecule has 1 rings (SSSR count). The fourth-order valence-corrected chi connectivity index (χ4v) is 2.04. The zero-order valence-corrected chi connectivity index (χ0v) is 14.3. The molecule has 0 saturated heterocycles. The predicted octanol–water partition coefficient (Wildman–Crippen LogP) is 2.56. The van der Waals surface area contributed by atoms with Crippen molar-refractivity contribution in [2.75, 3.05) is 25.0 Å². The summed E-state index contributed by atoms with van der Waals surface area (Å²) in [5, 5.41) is 2.83. The Morgan fingerprint density at radius 2 is 2.05 bits per heavy atom. The first-order valence-electron chi connectivity index (χ1n) is 7.46. The van der Waals surface area contributed by atoms with E-state index in [2.05, 4.69) is 5.32 Å². The van der Waals surface area contributed by atoms with Crippen LogP contribution in [0.5, 0.6) is 0 Å². The van der Waals surface area contributed by atoms with Crippen LogP contribution in [0.3, 0.4) is 0 Å². The number of nitrogens with zero attached hydrogens (tertiary/aromatic N) is 1. The summed E-state index contributed by atoms with van der Waals surface area (Å²) >= 11 is 0. The standard InChI is InChI=1S/C16H26FN3O.ClH/c1-4-12(2)15(18)16(21)19-10-7-11-20(3)14-9-6-5-8-13(14)17;/h5-6,8-9,12,15H,4,7,10-11,18H2,1-3H3,(H,19,21);1H. The number of rotatable bonds is 8. The Hall–Kier alpha value is -1.33. The highest BCUT2D eigenvalue weighted by Gasteiger charge is 2.18. The minimum Gasteiger partial charge on any atom is -0.372 e. The van der Waals surface area contributed by atoms with Gasteiger partial charge in [-0.1, -0.05) is 32.4 Å². The van der Waals surface area contributed by atoms with Crippen LogP contribution in [0.1, 0.15) is 26.7 Å². The molecule has 1 aromatic rings. The van der Waals surface area contributed by atoms with Crippen LogP contribution in [0.2, 0.25) is 0 Å². The van der Waals surface area contributed by atoms with Crippen LogP contribution in [0.25, 0.3) is 0 Å². The summed E-state index contributed by atoms with van der Waals surface area (Å²) in [6.07, 6.45) is 1.62. The van der Waals surface area contributed by atoms with E-state index in [9.17, 15) is 9.18 Å². The molecule has 0 aliphatic heterocycles. The number of halogens is 2. The Labute approximate surface area is 138 Å². The Morgan fingerprint density at radius 3 is 2.64 bits per heavy atom. The lowest BCUT2D eigenvalue weighted by atomic mass is 9.99. The molecule has 0 spiro atoms. The molecular weight excluding hydrogens is 305 g/mol. The molecule has 22 heavy (non-hydrogen) atoms. The molecule has 0 bridgehead atoms. The van der Waals surface area contributed by atoms with Crippen molar-refractivity contribution >= 4 is 24.0 Å². The summed E-state index contributed by atoms with van der Waals surface area (Å²) in [7, 11) is 1.84. The Bertz CT molecular complexity index is 459. The lowest BCUT2D eigenvalue weighted by Crippen LogP contribution is -2.45. The number of nitrogens with two attached hydrogens (primary N) is 1. The third-order valence-corrected chi connectivity index (χ3v) is 3.79. The summed E-state index contributed by atoms with van der Waals surface area (Å²) < 4.78 is 13.6. The van der Waals surface area contributed by atoms with Crippen LogP contribution in [0.15, 0.2) is 24.3 Å². The van der Waals surface area contributed by atoms with Crippen LogP contribution in [-0.2, 0) is 4.79 Å². The third-order valence-electron chi connectivity index (χ3n) is 3.79. The second kappa shape index (κ2) is 10.4. The van der Waals surface area contributed by atoms with Gasteiger partial charge in [-0.05, 0) is 24.5 Å². The molecule has 0 aliphatic rings. The molecule has 0 radical (unpaired) electrons. The molecule has 3 N–H and O–H groups in total. The van der Waals surface area contributed by atoms with E-state index in [0.29, 0.717) is 18.8 Å². The maximum absolute atomic E-state index is 13.6. The molecule has 6 heteroatoms. The summed E-state index contributed by atoms with van der Waals surface area (Å²) in [5.74, 6) is -0.174. The van der Waals surface area contributed by atoms with Crippen molar-refractivity contribution < 1.29 is 9.18 Å². The zero-order chi connectivity index (χ0) is 15.8. The van der Waals surface area contributed by atoms with Gasteiger partial charge in [-0.2, -0.15) is 0 Å². The van der Waals surface area contributed by atoms with Crippen molar-refractivity contribution in [2.45, 2.75) is 32.7 Å². The van der Waals surface area contributed by atoms with Crippen LogP contribution in [-0.4, -0.2) is 32.1 Å². The van der Waals surface area contributed by atoms with Crippen molar-refractivity contribution in [1.82, 2.24) is 5.32 Å². The maximum atomic E-state index is 13.6. The summed E-state index contributed by atoms with van der Waals surface area (Å²) in [6, 6.07) is 6.20. The van der Waals surface area contributed by atoms with Gasteiger partial charge >= 0.3 is 0 Å². The quantitative estimate of drug-likeness (QED) is 0.720. The van der Waals surface area contributed by atoms with E-state index < -0.39 is 6.04 Å². The lowest BCUT2D eigenvalue weighted by molar-refractivity contribution is -0.123. The molecule has 2 atom stereocenters. The number of para-hydroxylation sites is 1. The van der Waals surface area contributed by atoms with E-state index in [1.807, 2.05) is 31.9 Å². The molecule has 4 nitrogen and oxygen atoms in total. The summed E-state index contributed by atoms with van der Waals surface area (Å²) in [4.78, 5) is 13.6. The van der Waals surface area contributed by atoms with Crippen LogP contribution in [0.4, 0.5) is 10.1 Å². The van der Waals surface area contributed by atoms with E-state index in [0.717, 1.165) is 12.8 Å². The van der Waals surface area contributed by atoms with Gasteiger partial charge in [0.25, 0.3) is 0 Å². The molecule has 1 amide bonds.